The number of hydrogen-bond acceptors (Lipinski definition) is 3. The lowest BCUT2D eigenvalue weighted by atomic mass is 10.0. The zero-order valence-electron chi connectivity index (χ0n) is 16.3. The summed E-state index contributed by atoms with van der Waals surface area (Å²) in [5, 5.41) is 2.26. The Kier molecular flexibility index (Phi) is 4.51. The number of benzene rings is 2. The van der Waals surface area contributed by atoms with Gasteiger partial charge in [0.2, 0.25) is 5.91 Å². The van der Waals surface area contributed by atoms with Crippen LogP contribution in [0.25, 0.3) is 21.9 Å². The van der Waals surface area contributed by atoms with E-state index in [2.05, 4.69) is 23.2 Å². The highest BCUT2D eigenvalue weighted by Gasteiger charge is 2.35. The summed E-state index contributed by atoms with van der Waals surface area (Å²) in [5.74, 6) is 0.559. The second-order valence-corrected chi connectivity index (χ2v) is 7.91. The number of aromatic nitrogens is 1. The van der Waals surface area contributed by atoms with Gasteiger partial charge in [0.1, 0.15) is 0 Å². The maximum atomic E-state index is 12.9. The van der Waals surface area contributed by atoms with Crippen molar-refractivity contribution < 1.29 is 9.59 Å². The zero-order chi connectivity index (χ0) is 19.8. The van der Waals surface area contributed by atoms with Crippen molar-refractivity contribution in [3.63, 3.8) is 0 Å². The summed E-state index contributed by atoms with van der Waals surface area (Å²) in [6, 6.07) is 16.1. The van der Waals surface area contributed by atoms with Gasteiger partial charge in [-0.2, -0.15) is 0 Å². The Balaban J connectivity index is 1.27. The first-order valence-electron chi connectivity index (χ1n) is 10.2. The van der Waals surface area contributed by atoms with Crippen molar-refractivity contribution in [2.75, 3.05) is 26.2 Å². The zero-order valence-corrected chi connectivity index (χ0v) is 16.3. The molecular weight excluding hydrogens is 362 g/mol. The Labute approximate surface area is 170 Å². The number of pyridine rings is 1. The molecule has 1 aromatic heterocycles. The monoisotopic (exact) mass is 385 g/mol. The fourth-order valence-electron chi connectivity index (χ4n) is 3.97. The van der Waals surface area contributed by atoms with Crippen molar-refractivity contribution in [1.82, 2.24) is 14.8 Å². The summed E-state index contributed by atoms with van der Waals surface area (Å²) in [4.78, 5) is 33.0. The van der Waals surface area contributed by atoms with Crippen LogP contribution in [0.5, 0.6) is 0 Å². The van der Waals surface area contributed by atoms with E-state index in [-0.39, 0.29) is 17.7 Å². The van der Waals surface area contributed by atoms with Crippen molar-refractivity contribution in [3.05, 3.63) is 66.5 Å². The molecule has 2 heterocycles. The minimum Gasteiger partial charge on any atom is -0.339 e. The molecule has 1 aliphatic carbocycles. The van der Waals surface area contributed by atoms with Crippen LogP contribution in [-0.2, 0) is 4.79 Å². The molecule has 1 saturated carbocycles. The Morgan fingerprint density at radius 3 is 2.21 bits per heavy atom. The highest BCUT2D eigenvalue weighted by atomic mass is 16.2. The van der Waals surface area contributed by atoms with Gasteiger partial charge < -0.3 is 9.80 Å². The van der Waals surface area contributed by atoms with Gasteiger partial charge in [-0.3, -0.25) is 14.6 Å². The molecule has 5 nitrogen and oxygen atoms in total. The smallest absolute Gasteiger partial charge is 0.253 e. The lowest BCUT2D eigenvalue weighted by molar-refractivity contribution is -0.134. The van der Waals surface area contributed by atoms with Crippen LogP contribution in [0.2, 0.25) is 0 Å². The molecule has 0 spiro atoms. The van der Waals surface area contributed by atoms with E-state index in [4.69, 9.17) is 0 Å². The summed E-state index contributed by atoms with van der Waals surface area (Å²) in [5.41, 5.74) is 2.90. The summed E-state index contributed by atoms with van der Waals surface area (Å²) in [6.45, 7) is 2.51. The topological polar surface area (TPSA) is 53.5 Å². The summed E-state index contributed by atoms with van der Waals surface area (Å²) in [7, 11) is 0. The van der Waals surface area contributed by atoms with Gasteiger partial charge in [-0.1, -0.05) is 24.3 Å². The van der Waals surface area contributed by atoms with Crippen LogP contribution in [0, 0.1) is 5.92 Å². The lowest BCUT2D eigenvalue weighted by Gasteiger charge is -2.35. The molecule has 0 N–H and O–H groups in total. The minimum absolute atomic E-state index is 0.0413. The van der Waals surface area contributed by atoms with Crippen molar-refractivity contribution in [2.45, 2.75) is 12.8 Å². The molecule has 0 atom stereocenters. The quantitative estimate of drug-likeness (QED) is 0.692. The van der Waals surface area contributed by atoms with E-state index in [1.54, 1.807) is 6.20 Å². The first kappa shape index (κ1) is 17.9. The summed E-state index contributed by atoms with van der Waals surface area (Å²) >= 11 is 0. The SMILES string of the molecule is O=C(c1ccc(-c2ccc3cnccc3c2)cc1)N1CCN(C(=O)C2CC2)CC1. The van der Waals surface area contributed by atoms with E-state index in [1.165, 1.54) is 0 Å². The fourth-order valence-corrected chi connectivity index (χ4v) is 3.97. The Morgan fingerprint density at radius 2 is 1.48 bits per heavy atom. The molecule has 0 unspecified atom stereocenters. The van der Waals surface area contributed by atoms with E-state index >= 15 is 0 Å². The third kappa shape index (κ3) is 3.60. The largest absolute Gasteiger partial charge is 0.339 e. The molecule has 3 aromatic rings. The number of fused-ring (bicyclic) bond motifs is 1. The number of rotatable bonds is 3. The Morgan fingerprint density at radius 1 is 0.793 bits per heavy atom. The van der Waals surface area contributed by atoms with E-state index < -0.39 is 0 Å². The van der Waals surface area contributed by atoms with Crippen molar-refractivity contribution in [1.29, 1.82) is 0 Å². The number of nitrogens with zero attached hydrogens (tertiary/aromatic N) is 3. The first-order chi connectivity index (χ1) is 14.2. The van der Waals surface area contributed by atoms with Crippen LogP contribution in [0.4, 0.5) is 0 Å². The van der Waals surface area contributed by atoms with E-state index in [0.717, 1.165) is 34.7 Å². The van der Waals surface area contributed by atoms with Gasteiger partial charge in [0.05, 0.1) is 0 Å². The predicted octanol–water partition coefficient (Wildman–Crippen LogP) is 3.60. The third-order valence-corrected chi connectivity index (χ3v) is 5.91. The number of hydrogen-bond donors (Lipinski definition) is 0. The van der Waals surface area contributed by atoms with Gasteiger partial charge in [0.25, 0.3) is 5.91 Å². The molecule has 5 rings (SSSR count). The van der Waals surface area contributed by atoms with Gasteiger partial charge in [0.15, 0.2) is 0 Å². The van der Waals surface area contributed by atoms with Crippen LogP contribution in [0.3, 0.4) is 0 Å². The molecule has 1 aliphatic heterocycles. The number of amides is 2. The van der Waals surface area contributed by atoms with E-state index in [0.29, 0.717) is 31.7 Å². The molecule has 0 bridgehead atoms. The van der Waals surface area contributed by atoms with Gasteiger partial charge in [-0.25, -0.2) is 0 Å². The third-order valence-electron chi connectivity index (χ3n) is 5.91. The minimum atomic E-state index is 0.0413. The van der Waals surface area contributed by atoms with Gasteiger partial charge in [-0.05, 0) is 53.6 Å². The molecule has 2 fully saturated rings. The molecule has 2 amide bonds. The van der Waals surface area contributed by atoms with Gasteiger partial charge in [-0.15, -0.1) is 0 Å². The van der Waals surface area contributed by atoms with Crippen molar-refractivity contribution in [2.24, 2.45) is 5.92 Å². The number of carbonyl (C=O) groups excluding carboxylic acids is 2. The van der Waals surface area contributed by atoms with Crippen LogP contribution in [0.1, 0.15) is 23.2 Å². The molecule has 2 aliphatic rings. The number of piperazine rings is 1. The van der Waals surface area contributed by atoms with Crippen LogP contribution in [0.15, 0.2) is 60.9 Å². The van der Waals surface area contributed by atoms with Crippen molar-refractivity contribution >= 4 is 22.6 Å². The summed E-state index contributed by atoms with van der Waals surface area (Å²) < 4.78 is 0. The Hall–Kier alpha value is -3.21. The van der Waals surface area contributed by atoms with Crippen LogP contribution < -0.4 is 0 Å². The highest BCUT2D eigenvalue weighted by molar-refractivity contribution is 5.95. The molecular formula is C24H23N3O2. The lowest BCUT2D eigenvalue weighted by Crippen LogP contribution is -2.51. The molecule has 0 radical (unpaired) electrons. The molecule has 29 heavy (non-hydrogen) atoms. The predicted molar refractivity (Wildman–Crippen MR) is 112 cm³/mol. The average Bonchev–Trinajstić information content (AvgIpc) is 3.63. The normalized spacial score (nSPS) is 16.8. The van der Waals surface area contributed by atoms with Crippen molar-refractivity contribution in [3.8, 4) is 11.1 Å². The van der Waals surface area contributed by atoms with Crippen LogP contribution >= 0.6 is 0 Å². The molecule has 2 aromatic carbocycles. The molecule has 146 valence electrons. The fraction of sp³-hybridized carbons (Fsp3) is 0.292. The second-order valence-electron chi connectivity index (χ2n) is 7.91. The maximum Gasteiger partial charge on any atom is 0.253 e. The standard InChI is InChI=1S/C24H23N3O2/c28-23(26-11-13-27(14-12-26)24(29)19-5-6-19)18-3-1-17(2-4-18)20-7-8-22-16-25-10-9-21(22)15-20/h1-4,7-10,15-16,19H,5-6,11-14H2. The first-order valence-corrected chi connectivity index (χ1v) is 10.2. The van der Waals surface area contributed by atoms with Gasteiger partial charge >= 0.3 is 0 Å². The molecule has 5 heteroatoms. The second kappa shape index (κ2) is 7.32. The van der Waals surface area contributed by atoms with Gasteiger partial charge in [0, 0.05) is 55.4 Å². The molecule has 1 saturated heterocycles. The average molecular weight is 385 g/mol. The number of carbonyl (C=O) groups is 2. The maximum absolute atomic E-state index is 12.9. The Bertz CT molecular complexity index is 1060. The van der Waals surface area contributed by atoms with Crippen LogP contribution in [-0.4, -0.2) is 52.8 Å². The van der Waals surface area contributed by atoms with E-state index in [9.17, 15) is 9.59 Å². The highest BCUT2D eigenvalue weighted by Crippen LogP contribution is 2.31. The summed E-state index contributed by atoms with van der Waals surface area (Å²) in [6.07, 6.45) is 5.71. The van der Waals surface area contributed by atoms with E-state index in [1.807, 2.05) is 46.3 Å².